The number of carbonyl (C=O) groups is 1. The van der Waals surface area contributed by atoms with Crippen molar-refractivity contribution in [1.82, 2.24) is 9.97 Å². The van der Waals surface area contributed by atoms with Gasteiger partial charge in [0.05, 0.1) is 7.11 Å². The standard InChI is InChI=1S/C14H24N4O2/c1-7-10-16-12(15-5)9(4)13(17-10)18-11(8(2)3)14(19)20-6/h8,11H,7H2,1-6H3,(H2,15,16,17,18). The van der Waals surface area contributed by atoms with Crippen molar-refractivity contribution in [2.24, 2.45) is 5.92 Å². The van der Waals surface area contributed by atoms with Gasteiger partial charge in [0.1, 0.15) is 23.5 Å². The van der Waals surface area contributed by atoms with Gasteiger partial charge in [-0.05, 0) is 12.8 Å². The number of aryl methyl sites for hydroxylation is 1. The fourth-order valence-electron chi connectivity index (χ4n) is 1.88. The molecular weight excluding hydrogens is 256 g/mol. The number of rotatable bonds is 6. The molecule has 1 aromatic rings. The summed E-state index contributed by atoms with van der Waals surface area (Å²) in [5.74, 6) is 1.98. The first-order chi connectivity index (χ1) is 9.44. The van der Waals surface area contributed by atoms with Crippen LogP contribution in [0.3, 0.4) is 0 Å². The van der Waals surface area contributed by atoms with Crippen LogP contribution in [0.15, 0.2) is 0 Å². The zero-order chi connectivity index (χ0) is 15.3. The van der Waals surface area contributed by atoms with Crippen LogP contribution in [0, 0.1) is 12.8 Å². The third-order valence-corrected chi connectivity index (χ3v) is 3.16. The highest BCUT2D eigenvalue weighted by Crippen LogP contribution is 2.22. The minimum atomic E-state index is -0.428. The summed E-state index contributed by atoms with van der Waals surface area (Å²) in [6, 6.07) is -0.428. The highest BCUT2D eigenvalue weighted by atomic mass is 16.5. The van der Waals surface area contributed by atoms with Crippen molar-refractivity contribution in [3.63, 3.8) is 0 Å². The second-order valence-electron chi connectivity index (χ2n) is 4.95. The Labute approximate surface area is 120 Å². The molecule has 0 saturated carbocycles. The lowest BCUT2D eigenvalue weighted by atomic mass is 10.0. The Morgan fingerprint density at radius 1 is 1.30 bits per heavy atom. The Kier molecular flexibility index (Phi) is 5.73. The molecule has 1 unspecified atom stereocenters. The summed E-state index contributed by atoms with van der Waals surface area (Å²) in [4.78, 5) is 20.7. The molecule has 0 aliphatic rings. The normalized spacial score (nSPS) is 12.2. The number of hydrogen-bond donors (Lipinski definition) is 2. The van der Waals surface area contributed by atoms with Gasteiger partial charge < -0.3 is 15.4 Å². The number of carbonyl (C=O) groups excluding carboxylic acids is 1. The van der Waals surface area contributed by atoms with Gasteiger partial charge in [-0.1, -0.05) is 20.8 Å². The Balaban J connectivity index is 3.14. The van der Waals surface area contributed by atoms with E-state index in [0.29, 0.717) is 5.82 Å². The van der Waals surface area contributed by atoms with Crippen LogP contribution < -0.4 is 10.6 Å². The lowest BCUT2D eigenvalue weighted by Crippen LogP contribution is -2.36. The average molecular weight is 280 g/mol. The number of nitrogens with zero attached hydrogens (tertiary/aromatic N) is 2. The lowest BCUT2D eigenvalue weighted by Gasteiger charge is -2.22. The van der Waals surface area contributed by atoms with E-state index in [1.807, 2.05) is 34.7 Å². The zero-order valence-electron chi connectivity index (χ0n) is 13.1. The first kappa shape index (κ1) is 16.2. The molecule has 1 aromatic heterocycles. The van der Waals surface area contributed by atoms with E-state index in [1.54, 1.807) is 0 Å². The van der Waals surface area contributed by atoms with Gasteiger partial charge in [-0.2, -0.15) is 0 Å². The molecule has 0 aromatic carbocycles. The molecule has 1 rings (SSSR count). The molecule has 1 heterocycles. The van der Waals surface area contributed by atoms with E-state index in [4.69, 9.17) is 4.74 Å². The van der Waals surface area contributed by atoms with E-state index >= 15 is 0 Å². The molecule has 112 valence electrons. The Hall–Kier alpha value is -1.85. The van der Waals surface area contributed by atoms with Crippen LogP contribution in [0.2, 0.25) is 0 Å². The molecule has 0 radical (unpaired) electrons. The van der Waals surface area contributed by atoms with E-state index in [0.717, 1.165) is 23.6 Å². The predicted molar refractivity (Wildman–Crippen MR) is 80.0 cm³/mol. The summed E-state index contributed by atoms with van der Waals surface area (Å²) in [6.45, 7) is 7.84. The molecule has 1 atom stereocenters. The number of methoxy groups -OCH3 is 1. The summed E-state index contributed by atoms with van der Waals surface area (Å²) in [5.41, 5.74) is 0.888. The smallest absolute Gasteiger partial charge is 0.328 e. The van der Waals surface area contributed by atoms with Crippen molar-refractivity contribution < 1.29 is 9.53 Å². The third-order valence-electron chi connectivity index (χ3n) is 3.16. The number of hydrogen-bond acceptors (Lipinski definition) is 6. The van der Waals surface area contributed by atoms with Crippen LogP contribution in [-0.2, 0) is 16.0 Å². The van der Waals surface area contributed by atoms with E-state index in [2.05, 4.69) is 20.6 Å². The van der Waals surface area contributed by atoms with Crippen LogP contribution >= 0.6 is 0 Å². The van der Waals surface area contributed by atoms with Gasteiger partial charge in [0, 0.05) is 19.0 Å². The van der Waals surface area contributed by atoms with Gasteiger partial charge in [-0.25, -0.2) is 14.8 Å². The van der Waals surface area contributed by atoms with Crippen molar-refractivity contribution in [1.29, 1.82) is 0 Å². The minimum Gasteiger partial charge on any atom is -0.467 e. The summed E-state index contributed by atoms with van der Waals surface area (Å²) in [5, 5.41) is 6.23. The van der Waals surface area contributed by atoms with Gasteiger partial charge >= 0.3 is 5.97 Å². The van der Waals surface area contributed by atoms with Gasteiger partial charge in [0.15, 0.2) is 0 Å². The summed E-state index contributed by atoms with van der Waals surface area (Å²) >= 11 is 0. The maximum atomic E-state index is 11.8. The van der Waals surface area contributed by atoms with Crippen molar-refractivity contribution in [3.05, 3.63) is 11.4 Å². The predicted octanol–water partition coefficient (Wildman–Crippen LogP) is 2.00. The van der Waals surface area contributed by atoms with Gasteiger partial charge in [-0.3, -0.25) is 0 Å². The first-order valence-electron chi connectivity index (χ1n) is 6.84. The van der Waals surface area contributed by atoms with Gasteiger partial charge in [0.25, 0.3) is 0 Å². The quantitative estimate of drug-likeness (QED) is 0.776. The molecule has 6 heteroatoms. The molecule has 0 amide bonds. The van der Waals surface area contributed by atoms with Crippen molar-refractivity contribution >= 4 is 17.6 Å². The minimum absolute atomic E-state index is 0.0972. The van der Waals surface area contributed by atoms with Crippen molar-refractivity contribution in [2.75, 3.05) is 24.8 Å². The van der Waals surface area contributed by atoms with Crippen LogP contribution in [0.25, 0.3) is 0 Å². The number of aromatic nitrogens is 2. The second-order valence-corrected chi connectivity index (χ2v) is 4.95. The highest BCUT2D eigenvalue weighted by Gasteiger charge is 2.24. The molecule has 0 fully saturated rings. The van der Waals surface area contributed by atoms with Crippen LogP contribution in [0.4, 0.5) is 11.6 Å². The lowest BCUT2D eigenvalue weighted by molar-refractivity contribution is -0.142. The van der Waals surface area contributed by atoms with Crippen LogP contribution in [0.5, 0.6) is 0 Å². The summed E-state index contributed by atoms with van der Waals surface area (Å²) in [6.07, 6.45) is 0.730. The fraction of sp³-hybridized carbons (Fsp3) is 0.643. The molecule has 0 spiro atoms. The third kappa shape index (κ3) is 3.59. The summed E-state index contributed by atoms with van der Waals surface area (Å²) < 4.78 is 4.84. The molecule has 0 bridgehead atoms. The van der Waals surface area contributed by atoms with Gasteiger partial charge in [0.2, 0.25) is 0 Å². The monoisotopic (exact) mass is 280 g/mol. The first-order valence-corrected chi connectivity index (χ1v) is 6.84. The molecular formula is C14H24N4O2. The number of anilines is 2. The average Bonchev–Trinajstić information content (AvgIpc) is 2.44. The van der Waals surface area contributed by atoms with E-state index in [-0.39, 0.29) is 11.9 Å². The molecule has 2 N–H and O–H groups in total. The zero-order valence-corrected chi connectivity index (χ0v) is 13.1. The Morgan fingerprint density at radius 3 is 2.35 bits per heavy atom. The van der Waals surface area contributed by atoms with E-state index < -0.39 is 6.04 Å². The van der Waals surface area contributed by atoms with E-state index in [9.17, 15) is 4.79 Å². The Bertz CT molecular complexity index is 474. The highest BCUT2D eigenvalue weighted by molar-refractivity contribution is 5.79. The fourth-order valence-corrected chi connectivity index (χ4v) is 1.88. The molecule has 20 heavy (non-hydrogen) atoms. The number of nitrogens with one attached hydrogen (secondary N) is 2. The van der Waals surface area contributed by atoms with Crippen molar-refractivity contribution in [2.45, 2.75) is 40.2 Å². The van der Waals surface area contributed by atoms with E-state index in [1.165, 1.54) is 7.11 Å². The Morgan fingerprint density at radius 2 is 1.90 bits per heavy atom. The van der Waals surface area contributed by atoms with Crippen molar-refractivity contribution in [3.8, 4) is 0 Å². The number of esters is 1. The number of ether oxygens (including phenoxy) is 1. The SMILES string of the molecule is CCc1nc(NC)c(C)c(NC(C(=O)OC)C(C)C)n1. The maximum absolute atomic E-state index is 11.8. The van der Waals surface area contributed by atoms with Gasteiger partial charge in [-0.15, -0.1) is 0 Å². The largest absolute Gasteiger partial charge is 0.467 e. The molecule has 0 saturated heterocycles. The molecule has 6 nitrogen and oxygen atoms in total. The summed E-state index contributed by atoms with van der Waals surface area (Å²) in [7, 11) is 3.21. The second kappa shape index (κ2) is 7.07. The van der Waals surface area contributed by atoms with Crippen LogP contribution in [0.1, 0.15) is 32.2 Å². The maximum Gasteiger partial charge on any atom is 0.328 e. The molecule has 0 aliphatic carbocycles. The topological polar surface area (TPSA) is 76.1 Å². The van der Waals surface area contributed by atoms with Crippen LogP contribution in [-0.4, -0.2) is 36.1 Å². The molecule has 0 aliphatic heterocycles.